The number of benzene rings is 2. The Morgan fingerprint density at radius 1 is 0.875 bits per heavy atom. The Morgan fingerprint density at radius 2 is 1.46 bits per heavy atom. The zero-order chi connectivity index (χ0) is 17.2. The number of hydrogen-bond acceptors (Lipinski definition) is 2. The lowest BCUT2D eigenvalue weighted by atomic mass is 9.66. The van der Waals surface area contributed by atoms with Crippen molar-refractivity contribution in [1.29, 1.82) is 0 Å². The van der Waals surface area contributed by atoms with Crippen LogP contribution in [0.4, 0.5) is 0 Å². The van der Waals surface area contributed by atoms with E-state index in [1.165, 1.54) is 12.2 Å². The first-order valence-electron chi connectivity index (χ1n) is 7.54. The molecule has 2 N–H and O–H groups in total. The van der Waals surface area contributed by atoms with Crippen LogP contribution in [-0.2, 0) is 15.0 Å². The summed E-state index contributed by atoms with van der Waals surface area (Å²) in [4.78, 5) is 24.0. The van der Waals surface area contributed by atoms with Crippen LogP contribution >= 0.6 is 0 Å². The van der Waals surface area contributed by atoms with Crippen LogP contribution in [0.3, 0.4) is 0 Å². The summed E-state index contributed by atoms with van der Waals surface area (Å²) in [6, 6.07) is 17.8. The van der Waals surface area contributed by atoms with Crippen molar-refractivity contribution in [3.63, 3.8) is 0 Å². The summed E-state index contributed by atoms with van der Waals surface area (Å²) in [5.41, 5.74) is 0.387. The molecule has 24 heavy (non-hydrogen) atoms. The van der Waals surface area contributed by atoms with Crippen LogP contribution in [-0.4, -0.2) is 22.2 Å². The third kappa shape index (κ3) is 2.52. The van der Waals surface area contributed by atoms with Crippen LogP contribution in [0.15, 0.2) is 78.9 Å². The molecular formula is C20H16O4. The largest absolute Gasteiger partial charge is 0.481 e. The first-order chi connectivity index (χ1) is 11.6. The van der Waals surface area contributed by atoms with E-state index in [0.717, 1.165) is 5.56 Å². The molecule has 1 aliphatic rings. The van der Waals surface area contributed by atoms with Gasteiger partial charge in [-0.15, -0.1) is 0 Å². The van der Waals surface area contributed by atoms with Gasteiger partial charge in [0.05, 0.1) is 5.92 Å². The number of rotatable bonds is 4. The summed E-state index contributed by atoms with van der Waals surface area (Å²) in [6.45, 7) is 0. The van der Waals surface area contributed by atoms with Gasteiger partial charge in [-0.25, -0.2) is 0 Å². The van der Waals surface area contributed by atoms with Crippen molar-refractivity contribution in [1.82, 2.24) is 0 Å². The van der Waals surface area contributed by atoms with Gasteiger partial charge in [0.25, 0.3) is 0 Å². The number of allylic oxidation sites excluding steroid dienone is 2. The number of carboxylic acids is 2. The lowest BCUT2D eigenvalue weighted by molar-refractivity contribution is -0.152. The Balaban J connectivity index is 2.16. The van der Waals surface area contributed by atoms with E-state index >= 15 is 0 Å². The molecule has 4 nitrogen and oxygen atoms in total. The Bertz CT molecular complexity index is 821. The normalized spacial score (nSPS) is 22.7. The topological polar surface area (TPSA) is 74.6 Å². The molecular weight excluding hydrogens is 304 g/mol. The minimum Gasteiger partial charge on any atom is -0.481 e. The molecule has 4 heteroatoms. The quantitative estimate of drug-likeness (QED) is 0.906. The lowest BCUT2D eigenvalue weighted by Crippen LogP contribution is -2.45. The minimum atomic E-state index is -1.62. The molecule has 0 fully saturated rings. The first-order valence-corrected chi connectivity index (χ1v) is 7.54. The molecule has 2 unspecified atom stereocenters. The van der Waals surface area contributed by atoms with Crippen molar-refractivity contribution < 1.29 is 19.8 Å². The second-order valence-electron chi connectivity index (χ2n) is 5.68. The lowest BCUT2D eigenvalue weighted by Gasteiger charge is -2.34. The predicted molar refractivity (Wildman–Crippen MR) is 90.4 cm³/mol. The van der Waals surface area contributed by atoms with E-state index < -0.39 is 23.3 Å². The third-order valence-electron chi connectivity index (χ3n) is 4.34. The number of carboxylic acid groups (broad SMARTS) is 2. The average Bonchev–Trinajstić information content (AvgIpc) is 2.62. The molecule has 0 amide bonds. The van der Waals surface area contributed by atoms with Crippen LogP contribution in [0.5, 0.6) is 0 Å². The molecule has 3 rings (SSSR count). The van der Waals surface area contributed by atoms with Gasteiger partial charge in [0.15, 0.2) is 0 Å². The predicted octanol–water partition coefficient (Wildman–Crippen LogP) is 3.36. The first kappa shape index (κ1) is 15.7. The number of hydrogen-bond donors (Lipinski definition) is 2. The van der Waals surface area contributed by atoms with Gasteiger partial charge in [-0.05, 0) is 16.7 Å². The van der Waals surface area contributed by atoms with Crippen molar-refractivity contribution in [3.05, 3.63) is 90.0 Å². The van der Waals surface area contributed by atoms with Crippen molar-refractivity contribution >= 4 is 17.5 Å². The Labute approximate surface area is 139 Å². The average molecular weight is 320 g/mol. The van der Waals surface area contributed by atoms with E-state index in [0.29, 0.717) is 11.1 Å². The smallest absolute Gasteiger partial charge is 0.319 e. The molecule has 0 spiro atoms. The zero-order valence-corrected chi connectivity index (χ0v) is 12.8. The second-order valence-corrected chi connectivity index (χ2v) is 5.68. The van der Waals surface area contributed by atoms with E-state index in [1.807, 2.05) is 30.3 Å². The summed E-state index contributed by atoms with van der Waals surface area (Å²) >= 11 is 0. The molecule has 120 valence electrons. The molecule has 0 saturated heterocycles. The molecule has 0 aromatic heterocycles. The van der Waals surface area contributed by atoms with Crippen molar-refractivity contribution in [2.24, 2.45) is 5.92 Å². The van der Waals surface area contributed by atoms with E-state index in [-0.39, 0.29) is 0 Å². The summed E-state index contributed by atoms with van der Waals surface area (Å²) in [5.74, 6) is -3.54. The summed E-state index contributed by atoms with van der Waals surface area (Å²) in [5, 5.41) is 19.6. The van der Waals surface area contributed by atoms with Gasteiger partial charge in [-0.1, -0.05) is 78.9 Å². The molecule has 2 aromatic rings. The maximum absolute atomic E-state index is 12.1. The van der Waals surface area contributed by atoms with E-state index in [9.17, 15) is 19.8 Å². The Kier molecular flexibility index (Phi) is 4.04. The van der Waals surface area contributed by atoms with Crippen LogP contribution in [0.1, 0.15) is 11.1 Å². The van der Waals surface area contributed by atoms with Gasteiger partial charge in [0, 0.05) is 0 Å². The Morgan fingerprint density at radius 3 is 2.00 bits per heavy atom. The highest BCUT2D eigenvalue weighted by molar-refractivity contribution is 5.96. The molecule has 0 bridgehead atoms. The maximum atomic E-state index is 12.1. The zero-order valence-electron chi connectivity index (χ0n) is 12.8. The van der Waals surface area contributed by atoms with Crippen molar-refractivity contribution in [2.75, 3.05) is 0 Å². The van der Waals surface area contributed by atoms with Crippen molar-refractivity contribution in [2.45, 2.75) is 5.41 Å². The van der Waals surface area contributed by atoms with Gasteiger partial charge in [-0.2, -0.15) is 0 Å². The summed E-state index contributed by atoms with van der Waals surface area (Å²) in [6.07, 6.45) is 4.71. The van der Waals surface area contributed by atoms with Crippen LogP contribution in [0.25, 0.3) is 5.57 Å². The highest BCUT2D eigenvalue weighted by atomic mass is 16.4. The molecule has 0 heterocycles. The van der Waals surface area contributed by atoms with Gasteiger partial charge < -0.3 is 10.2 Å². The van der Waals surface area contributed by atoms with Crippen LogP contribution < -0.4 is 0 Å². The van der Waals surface area contributed by atoms with E-state index in [2.05, 4.69) is 0 Å². The van der Waals surface area contributed by atoms with E-state index in [4.69, 9.17) is 0 Å². The van der Waals surface area contributed by atoms with Gasteiger partial charge in [0.2, 0.25) is 0 Å². The SMILES string of the molecule is O=C(O)C1C=C(c2ccccc2)C=CC1(C(=O)O)c1ccccc1. The number of carbonyl (C=O) groups is 2. The maximum Gasteiger partial charge on any atom is 0.319 e. The van der Waals surface area contributed by atoms with Gasteiger partial charge >= 0.3 is 11.9 Å². The van der Waals surface area contributed by atoms with Crippen LogP contribution in [0.2, 0.25) is 0 Å². The summed E-state index contributed by atoms with van der Waals surface area (Å²) in [7, 11) is 0. The molecule has 1 aliphatic carbocycles. The Hall–Kier alpha value is -3.14. The molecule has 0 aliphatic heterocycles. The fourth-order valence-electron chi connectivity index (χ4n) is 3.10. The molecule has 2 aromatic carbocycles. The minimum absolute atomic E-state index is 0.449. The molecule has 0 radical (unpaired) electrons. The standard InChI is InChI=1S/C20H16O4/c21-18(22)17-13-15(14-7-3-1-4-8-14)11-12-20(17,19(23)24)16-9-5-2-6-10-16/h1-13,17H,(H,21,22)(H,23,24). The highest BCUT2D eigenvalue weighted by Gasteiger charge is 2.49. The van der Waals surface area contributed by atoms with Crippen LogP contribution in [0, 0.1) is 5.92 Å². The monoisotopic (exact) mass is 320 g/mol. The van der Waals surface area contributed by atoms with E-state index in [1.54, 1.807) is 36.4 Å². The third-order valence-corrected chi connectivity index (χ3v) is 4.34. The highest BCUT2D eigenvalue weighted by Crippen LogP contribution is 2.41. The van der Waals surface area contributed by atoms with Crippen molar-refractivity contribution in [3.8, 4) is 0 Å². The number of aliphatic carboxylic acids is 2. The fraction of sp³-hybridized carbons (Fsp3) is 0.100. The summed E-state index contributed by atoms with van der Waals surface area (Å²) < 4.78 is 0. The van der Waals surface area contributed by atoms with Gasteiger partial charge in [0.1, 0.15) is 5.41 Å². The molecule has 2 atom stereocenters. The molecule has 0 saturated carbocycles. The second kappa shape index (κ2) is 6.16. The fourth-order valence-corrected chi connectivity index (χ4v) is 3.10. The van der Waals surface area contributed by atoms with Gasteiger partial charge in [-0.3, -0.25) is 9.59 Å².